The second kappa shape index (κ2) is 11.1. The topological polar surface area (TPSA) is 107 Å². The molecule has 0 radical (unpaired) electrons. The number of pyridine rings is 2. The molecular formula is C29H20ClF3N4O4S. The van der Waals surface area contributed by atoms with Crippen LogP contribution >= 0.6 is 22.9 Å². The molecule has 5 rings (SSSR count). The predicted molar refractivity (Wildman–Crippen MR) is 153 cm³/mol. The van der Waals surface area contributed by atoms with Crippen molar-refractivity contribution in [2.75, 3.05) is 6.61 Å². The molecule has 4 heterocycles. The number of benzene rings is 1. The van der Waals surface area contributed by atoms with E-state index >= 15 is 0 Å². The van der Waals surface area contributed by atoms with Crippen molar-refractivity contribution in [1.29, 1.82) is 0 Å². The molecule has 13 heteroatoms. The first-order valence-corrected chi connectivity index (χ1v) is 13.6. The largest absolute Gasteiger partial charge is 0.491 e. The first kappa shape index (κ1) is 29.0. The molecule has 1 N–H and O–H groups in total. The molecule has 0 aliphatic heterocycles. The van der Waals surface area contributed by atoms with Crippen molar-refractivity contribution in [3.05, 3.63) is 79.4 Å². The highest BCUT2D eigenvalue weighted by molar-refractivity contribution is 7.18. The van der Waals surface area contributed by atoms with Gasteiger partial charge < -0.3 is 9.84 Å². The maximum atomic E-state index is 13.6. The van der Waals surface area contributed by atoms with E-state index in [9.17, 15) is 27.9 Å². The molecule has 1 aromatic carbocycles. The van der Waals surface area contributed by atoms with E-state index in [0.717, 1.165) is 6.07 Å². The number of carboxylic acid groups (broad SMARTS) is 1. The Morgan fingerprint density at radius 2 is 1.88 bits per heavy atom. The van der Waals surface area contributed by atoms with Gasteiger partial charge in [-0.15, -0.1) is 11.3 Å². The van der Waals surface area contributed by atoms with Crippen LogP contribution in [0.25, 0.3) is 32.4 Å². The lowest BCUT2D eigenvalue weighted by Gasteiger charge is -2.16. The third kappa shape index (κ3) is 5.41. The van der Waals surface area contributed by atoms with E-state index in [2.05, 4.69) is 26.8 Å². The highest BCUT2D eigenvalue weighted by Crippen LogP contribution is 2.40. The maximum Gasteiger partial charge on any atom is 0.419 e. The number of alkyl halides is 3. The Hall–Kier alpha value is -4.47. The Labute approximate surface area is 245 Å². The number of carboxylic acids is 1. The molecule has 0 atom stereocenters. The number of fused-ring (bicyclic) bond motifs is 2. The minimum atomic E-state index is -4.72. The predicted octanol–water partition coefficient (Wildman–Crippen LogP) is 6.51. The van der Waals surface area contributed by atoms with Crippen LogP contribution in [0.3, 0.4) is 0 Å². The highest BCUT2D eigenvalue weighted by Gasteiger charge is 2.35. The number of ether oxygens (including phenoxy) is 1. The summed E-state index contributed by atoms with van der Waals surface area (Å²) in [6.45, 7) is 4.64. The molecule has 0 amide bonds. The number of hydrogen-bond donors (Lipinski definition) is 1. The molecule has 4 aromatic heterocycles. The minimum Gasteiger partial charge on any atom is -0.491 e. The van der Waals surface area contributed by atoms with Gasteiger partial charge in [0, 0.05) is 27.2 Å². The Morgan fingerprint density at radius 1 is 1.12 bits per heavy atom. The monoisotopic (exact) mass is 612 g/mol. The van der Waals surface area contributed by atoms with Crippen LogP contribution in [0.5, 0.6) is 5.75 Å². The van der Waals surface area contributed by atoms with Gasteiger partial charge in [0.05, 0.1) is 33.4 Å². The molecule has 0 saturated carbocycles. The van der Waals surface area contributed by atoms with Gasteiger partial charge in [-0.3, -0.25) is 14.3 Å². The first-order chi connectivity index (χ1) is 19.9. The summed E-state index contributed by atoms with van der Waals surface area (Å²) < 4.78 is 48.7. The van der Waals surface area contributed by atoms with Crippen LogP contribution in [0.1, 0.15) is 40.1 Å². The number of aryl methyl sites for hydroxylation is 2. The third-order valence-electron chi connectivity index (χ3n) is 6.36. The van der Waals surface area contributed by atoms with Crippen molar-refractivity contribution in [2.45, 2.75) is 33.5 Å². The van der Waals surface area contributed by atoms with E-state index in [1.54, 1.807) is 25.1 Å². The van der Waals surface area contributed by atoms with Crippen LogP contribution < -0.4 is 10.3 Å². The summed E-state index contributed by atoms with van der Waals surface area (Å²) >= 11 is 7.55. The zero-order chi connectivity index (χ0) is 30.3. The lowest BCUT2D eigenvalue weighted by molar-refractivity contribution is -0.137. The molecule has 0 spiro atoms. The standard InChI is InChI=1S/C29H20ClF3N4O4S/c1-4-5-21-20(29(31,32)33)12-22-25(36-21)27(38)37(15(3)35-22)8-9-41-23-7-6-16(30)11-17(23)18-10-14(2)34-24-19(28(39)40)13-42-26(18)24/h6-7,10-13H,8-9H2,1-3H3,(H,39,40). The van der Waals surface area contributed by atoms with Gasteiger partial charge in [-0.1, -0.05) is 17.5 Å². The maximum absolute atomic E-state index is 13.6. The van der Waals surface area contributed by atoms with Crippen LogP contribution in [0.2, 0.25) is 5.02 Å². The van der Waals surface area contributed by atoms with Gasteiger partial charge in [-0.2, -0.15) is 13.2 Å². The summed E-state index contributed by atoms with van der Waals surface area (Å²) in [4.78, 5) is 37.5. The van der Waals surface area contributed by atoms with E-state index in [1.807, 2.05) is 6.07 Å². The molecule has 0 aliphatic carbocycles. The van der Waals surface area contributed by atoms with Gasteiger partial charge in [0.15, 0.2) is 5.52 Å². The smallest absolute Gasteiger partial charge is 0.419 e. The van der Waals surface area contributed by atoms with Gasteiger partial charge in [0.1, 0.15) is 23.9 Å². The average Bonchev–Trinajstić information content (AvgIpc) is 3.34. The fraction of sp³-hybridized carbons (Fsp3) is 0.207. The van der Waals surface area contributed by atoms with Gasteiger partial charge in [0.2, 0.25) is 0 Å². The van der Waals surface area contributed by atoms with Crippen molar-refractivity contribution >= 4 is 50.2 Å². The summed E-state index contributed by atoms with van der Waals surface area (Å²) in [7, 11) is 0. The van der Waals surface area contributed by atoms with Gasteiger partial charge in [0.25, 0.3) is 5.56 Å². The fourth-order valence-electron chi connectivity index (χ4n) is 4.52. The molecular weight excluding hydrogens is 593 g/mol. The van der Waals surface area contributed by atoms with E-state index in [0.29, 0.717) is 37.8 Å². The summed E-state index contributed by atoms with van der Waals surface area (Å²) in [6.07, 6.45) is -4.72. The number of halogens is 4. The third-order valence-corrected chi connectivity index (χ3v) is 7.59. The second-order valence-corrected chi connectivity index (χ2v) is 10.5. The number of aromatic nitrogens is 4. The van der Waals surface area contributed by atoms with E-state index < -0.39 is 29.0 Å². The van der Waals surface area contributed by atoms with E-state index in [-0.39, 0.29) is 35.6 Å². The van der Waals surface area contributed by atoms with Crippen LogP contribution in [0.4, 0.5) is 13.2 Å². The van der Waals surface area contributed by atoms with Gasteiger partial charge in [-0.05, 0) is 57.0 Å². The van der Waals surface area contributed by atoms with Crippen molar-refractivity contribution in [3.63, 3.8) is 0 Å². The van der Waals surface area contributed by atoms with Crippen LogP contribution in [0, 0.1) is 25.7 Å². The molecule has 0 bridgehead atoms. The molecule has 42 heavy (non-hydrogen) atoms. The Morgan fingerprint density at radius 3 is 2.57 bits per heavy atom. The van der Waals surface area contributed by atoms with Gasteiger partial charge in [-0.25, -0.2) is 14.8 Å². The minimum absolute atomic E-state index is 0.0111. The zero-order valence-corrected chi connectivity index (χ0v) is 23.8. The lowest BCUT2D eigenvalue weighted by atomic mass is 10.0. The second-order valence-electron chi connectivity index (χ2n) is 9.17. The molecule has 0 fully saturated rings. The van der Waals surface area contributed by atoms with E-state index in [4.69, 9.17) is 16.3 Å². The fourth-order valence-corrected chi connectivity index (χ4v) is 5.71. The Kier molecular flexibility index (Phi) is 7.66. The molecule has 0 saturated heterocycles. The summed E-state index contributed by atoms with van der Waals surface area (Å²) in [5, 5.41) is 11.5. The number of thiophene rings is 1. The summed E-state index contributed by atoms with van der Waals surface area (Å²) in [6, 6.07) is 7.58. The van der Waals surface area contributed by atoms with Crippen LogP contribution in [0.15, 0.2) is 40.5 Å². The van der Waals surface area contributed by atoms with Crippen LogP contribution in [-0.2, 0) is 12.7 Å². The van der Waals surface area contributed by atoms with Crippen molar-refractivity contribution in [2.24, 2.45) is 0 Å². The number of aromatic carboxylic acids is 1. The lowest BCUT2D eigenvalue weighted by Crippen LogP contribution is -2.28. The Bertz CT molecular complexity index is 2030. The molecule has 0 aliphatic rings. The zero-order valence-electron chi connectivity index (χ0n) is 22.3. The molecule has 8 nitrogen and oxygen atoms in total. The van der Waals surface area contributed by atoms with Crippen LogP contribution in [-0.4, -0.2) is 37.2 Å². The number of hydrogen-bond acceptors (Lipinski definition) is 7. The van der Waals surface area contributed by atoms with E-state index in [1.165, 1.54) is 35.1 Å². The van der Waals surface area contributed by atoms with Crippen molar-refractivity contribution in [1.82, 2.24) is 19.5 Å². The summed E-state index contributed by atoms with van der Waals surface area (Å²) in [5.74, 6) is 4.24. The molecule has 214 valence electrons. The normalized spacial score (nSPS) is 11.5. The highest BCUT2D eigenvalue weighted by atomic mass is 35.5. The number of carbonyl (C=O) groups is 1. The first-order valence-electron chi connectivity index (χ1n) is 12.4. The number of nitrogens with zero attached hydrogens (tertiary/aromatic N) is 4. The molecule has 5 aromatic rings. The van der Waals surface area contributed by atoms with Crippen molar-refractivity contribution < 1.29 is 27.8 Å². The Balaban J connectivity index is 1.50. The quantitative estimate of drug-likeness (QED) is 0.218. The number of rotatable bonds is 6. The summed E-state index contributed by atoms with van der Waals surface area (Å²) in [5.41, 5.74) is -0.334. The molecule has 0 unspecified atom stereocenters. The van der Waals surface area contributed by atoms with Gasteiger partial charge >= 0.3 is 12.1 Å². The SMILES string of the molecule is CC#Cc1nc2c(=O)n(CCOc3ccc(Cl)cc3-c3cc(C)nc4c(C(=O)O)csc34)c(C)nc2cc1C(F)(F)F. The van der Waals surface area contributed by atoms with Crippen molar-refractivity contribution in [3.8, 4) is 28.7 Å². The average molecular weight is 613 g/mol.